The van der Waals surface area contributed by atoms with Crippen LogP contribution in [-0.2, 0) is 0 Å². The van der Waals surface area contributed by atoms with Crippen LogP contribution in [0.25, 0.3) is 0 Å². The molecule has 12 heavy (non-hydrogen) atoms. The highest BCUT2D eigenvalue weighted by atomic mass is 33.1. The molecule has 0 aliphatic rings. The Morgan fingerprint density at radius 3 is 1.25 bits per heavy atom. The number of thiol groups is 4. The summed E-state index contributed by atoms with van der Waals surface area (Å²) in [6.45, 7) is 0. The lowest BCUT2D eigenvalue weighted by Gasteiger charge is -2.11. The van der Waals surface area contributed by atoms with Crippen LogP contribution >= 0.6 is 97.3 Å². The first-order valence-corrected chi connectivity index (χ1v) is 6.80. The molecule has 0 aliphatic carbocycles. The van der Waals surface area contributed by atoms with Crippen molar-refractivity contribution in [2.24, 2.45) is 0 Å². The number of rotatable bonds is 0. The molecule has 0 saturated carbocycles. The average Bonchev–Trinajstić information content (AvgIpc) is 1.98. The van der Waals surface area contributed by atoms with Crippen LogP contribution in [0.4, 0.5) is 0 Å². The molecule has 0 heterocycles. The summed E-state index contributed by atoms with van der Waals surface area (Å²) in [5.74, 6) is 0. The summed E-state index contributed by atoms with van der Waals surface area (Å²) in [7, 11) is 2.52. The van der Waals surface area contributed by atoms with Crippen LogP contribution in [0.5, 0.6) is 0 Å². The zero-order valence-corrected chi connectivity index (χ0v) is 12.2. The fourth-order valence-corrected chi connectivity index (χ4v) is 3.05. The lowest BCUT2D eigenvalue weighted by Crippen LogP contribution is -2.05. The number of nitrogens with zero attached hydrogens (tertiary/aromatic N) is 2. The minimum absolute atomic E-state index is 0.498. The Kier molecular flexibility index (Phi) is 8.34. The Labute approximate surface area is 112 Å². The first-order chi connectivity index (χ1) is 5.45. The maximum absolute atomic E-state index is 4.87. The number of hydrogen-bond donors (Lipinski definition) is 4. The molecule has 0 aromatic rings. The molecule has 2 nitrogen and oxygen atoms in total. The van der Waals surface area contributed by atoms with Crippen molar-refractivity contribution < 1.29 is 0 Å². The van der Waals surface area contributed by atoms with Crippen LogP contribution in [0.2, 0.25) is 0 Å². The summed E-state index contributed by atoms with van der Waals surface area (Å²) in [6.07, 6.45) is 0. The van der Waals surface area contributed by atoms with Gasteiger partial charge in [-0.3, -0.25) is 0 Å². The molecule has 0 unspecified atom stereocenters. The molecular weight excluding hydrogens is 309 g/mol. The Bertz CT molecular complexity index is 156. The van der Waals surface area contributed by atoms with Gasteiger partial charge in [0.25, 0.3) is 0 Å². The number of hydrogen-bond acceptors (Lipinski definition) is 8. The van der Waals surface area contributed by atoms with Gasteiger partial charge in [-0.2, -0.15) is 0 Å². The summed E-state index contributed by atoms with van der Waals surface area (Å²) < 4.78 is 3.46. The smallest absolute Gasteiger partial charge is 0.167 e. The predicted octanol–water partition coefficient (Wildman–Crippen LogP) is 2.92. The fourth-order valence-electron chi connectivity index (χ4n) is 0.138. The van der Waals surface area contributed by atoms with Gasteiger partial charge in [0.2, 0.25) is 0 Å². The molecule has 0 rings (SSSR count). The topological polar surface area (TPSA) is 6.48 Å². The second kappa shape index (κ2) is 7.21. The van der Waals surface area contributed by atoms with Gasteiger partial charge in [0.05, 0.1) is 0 Å². The quantitative estimate of drug-likeness (QED) is 0.308. The standard InChI is InChI=1S/C2H4N2S8/c5-1(3(7)8)11-12-2(6)4(9)10/h7-10H. The highest BCUT2D eigenvalue weighted by Gasteiger charge is 2.07. The van der Waals surface area contributed by atoms with Gasteiger partial charge in [0.1, 0.15) is 0 Å². The lowest BCUT2D eigenvalue weighted by molar-refractivity contribution is 1.24. The predicted molar refractivity (Wildman–Crippen MR) is 80.0 cm³/mol. The van der Waals surface area contributed by atoms with Gasteiger partial charge in [-0.25, -0.2) is 7.42 Å². The molecular formula is C2H4N2S8. The lowest BCUT2D eigenvalue weighted by atomic mass is 11.5. The Hall–Kier alpha value is 1.88. The number of thiocarbonyl (C=S) groups is 2. The maximum Gasteiger partial charge on any atom is 0.167 e. The normalized spacial score (nSPS) is 9.33. The van der Waals surface area contributed by atoms with Gasteiger partial charge in [0, 0.05) is 0 Å². The molecule has 0 radical (unpaired) electrons. The summed E-state index contributed by atoms with van der Waals surface area (Å²) >= 11 is 25.2. The van der Waals surface area contributed by atoms with Crippen LogP contribution in [0.1, 0.15) is 0 Å². The SMILES string of the molecule is S=C(SSC(=S)N(S)S)N(S)S. The monoisotopic (exact) mass is 312 g/mol. The fraction of sp³-hybridized carbons (Fsp3) is 0. The summed E-state index contributed by atoms with van der Waals surface area (Å²) in [4.78, 5) is 0. The van der Waals surface area contributed by atoms with Crippen LogP contribution in [0.3, 0.4) is 0 Å². The average molecular weight is 313 g/mol. The molecule has 0 spiro atoms. The van der Waals surface area contributed by atoms with Gasteiger partial charge >= 0.3 is 0 Å². The molecule has 0 bridgehead atoms. The summed E-state index contributed by atoms with van der Waals surface area (Å²) in [5, 5.41) is 0. The summed E-state index contributed by atoms with van der Waals surface area (Å²) in [5.41, 5.74) is 0. The molecule has 0 aromatic carbocycles. The molecule has 0 fully saturated rings. The third kappa shape index (κ3) is 6.35. The molecule has 0 amide bonds. The van der Waals surface area contributed by atoms with Gasteiger partial charge < -0.3 is 0 Å². The Morgan fingerprint density at radius 2 is 1.08 bits per heavy atom. The first kappa shape index (κ1) is 13.9. The van der Waals surface area contributed by atoms with E-state index in [0.717, 1.165) is 0 Å². The van der Waals surface area contributed by atoms with Crippen molar-refractivity contribution in [1.29, 1.82) is 0 Å². The highest BCUT2D eigenvalue weighted by Crippen LogP contribution is 2.30. The van der Waals surface area contributed by atoms with E-state index >= 15 is 0 Å². The highest BCUT2D eigenvalue weighted by molar-refractivity contribution is 8.89. The van der Waals surface area contributed by atoms with Gasteiger partial charge in [-0.15, -0.1) is 0 Å². The zero-order chi connectivity index (χ0) is 9.72. The minimum atomic E-state index is 0.498. The van der Waals surface area contributed by atoms with E-state index in [1.807, 2.05) is 0 Å². The Balaban J connectivity index is 3.69. The third-order valence-corrected chi connectivity index (χ3v) is 5.82. The van der Waals surface area contributed by atoms with E-state index in [0.29, 0.717) is 8.64 Å². The molecule has 0 atom stereocenters. The molecule has 10 heteroatoms. The first-order valence-electron chi connectivity index (χ1n) is 2.23. The van der Waals surface area contributed by atoms with E-state index in [1.54, 1.807) is 0 Å². The van der Waals surface area contributed by atoms with Crippen molar-refractivity contribution in [3.8, 4) is 0 Å². The van der Waals surface area contributed by atoms with Crippen LogP contribution < -0.4 is 0 Å². The zero-order valence-electron chi connectivity index (χ0n) is 5.32. The molecule has 70 valence electrons. The maximum atomic E-state index is 4.87. The molecule has 0 saturated heterocycles. The van der Waals surface area contributed by atoms with Crippen LogP contribution in [-0.4, -0.2) is 16.1 Å². The van der Waals surface area contributed by atoms with Crippen molar-refractivity contribution in [2.75, 3.05) is 0 Å². The van der Waals surface area contributed by atoms with E-state index in [1.165, 1.54) is 29.0 Å². The minimum Gasteiger partial charge on any atom is -0.247 e. The van der Waals surface area contributed by atoms with E-state index in [9.17, 15) is 0 Å². The second-order valence-electron chi connectivity index (χ2n) is 1.28. The van der Waals surface area contributed by atoms with Crippen molar-refractivity contribution >= 4 is 106 Å². The van der Waals surface area contributed by atoms with E-state index in [4.69, 9.17) is 24.4 Å². The molecule has 0 aromatic heterocycles. The van der Waals surface area contributed by atoms with Crippen molar-refractivity contribution in [3.63, 3.8) is 0 Å². The van der Waals surface area contributed by atoms with Gasteiger partial charge in [-0.05, 0) is 46.0 Å². The van der Waals surface area contributed by atoms with Crippen LogP contribution in [0.15, 0.2) is 0 Å². The molecule has 0 N–H and O–H groups in total. The van der Waals surface area contributed by atoms with Crippen LogP contribution in [0, 0.1) is 0 Å². The van der Waals surface area contributed by atoms with E-state index < -0.39 is 0 Å². The van der Waals surface area contributed by atoms with Crippen molar-refractivity contribution in [1.82, 2.24) is 7.42 Å². The van der Waals surface area contributed by atoms with Crippen molar-refractivity contribution in [2.45, 2.75) is 0 Å². The molecule has 0 aliphatic heterocycles. The Morgan fingerprint density at radius 1 is 0.833 bits per heavy atom. The third-order valence-electron chi connectivity index (χ3n) is 0.511. The van der Waals surface area contributed by atoms with Gasteiger partial charge in [0.15, 0.2) is 8.64 Å². The largest absolute Gasteiger partial charge is 0.247 e. The van der Waals surface area contributed by atoms with E-state index in [2.05, 4.69) is 51.3 Å². The van der Waals surface area contributed by atoms with E-state index in [-0.39, 0.29) is 0 Å². The van der Waals surface area contributed by atoms with Gasteiger partial charge in [-0.1, -0.05) is 51.3 Å². The summed E-state index contributed by atoms with van der Waals surface area (Å²) in [6, 6.07) is 0. The second-order valence-corrected chi connectivity index (χ2v) is 6.91. The van der Waals surface area contributed by atoms with Crippen molar-refractivity contribution in [3.05, 3.63) is 0 Å².